The second-order valence-corrected chi connectivity index (χ2v) is 5.43. The van der Waals surface area contributed by atoms with Crippen molar-refractivity contribution >= 4 is 12.3 Å². The van der Waals surface area contributed by atoms with Crippen LogP contribution in [0.4, 0.5) is 0 Å². The van der Waals surface area contributed by atoms with Crippen LogP contribution in [0, 0.1) is 0 Å². The molecule has 0 radical (unpaired) electrons. The number of carbonyl (C=O) groups is 2. The molecule has 4 heteroatoms. The largest absolute Gasteiger partial charge is 0.493 e. The maximum Gasteiger partial charge on any atom is 0.305 e. The Kier molecular flexibility index (Phi) is 7.02. The second-order valence-electron chi connectivity index (χ2n) is 5.43. The van der Waals surface area contributed by atoms with E-state index < -0.39 is 0 Å². The van der Waals surface area contributed by atoms with Gasteiger partial charge >= 0.3 is 5.97 Å². The fourth-order valence-electron chi connectivity index (χ4n) is 2.40. The lowest BCUT2D eigenvalue weighted by molar-refractivity contribution is -0.140. The molecule has 4 nitrogen and oxygen atoms in total. The number of benzene rings is 2. The van der Waals surface area contributed by atoms with Gasteiger partial charge in [0, 0.05) is 18.4 Å². The van der Waals surface area contributed by atoms with Crippen molar-refractivity contribution in [3.63, 3.8) is 0 Å². The summed E-state index contributed by atoms with van der Waals surface area (Å²) in [5.74, 6) is 0.569. The van der Waals surface area contributed by atoms with Gasteiger partial charge < -0.3 is 14.3 Å². The highest BCUT2D eigenvalue weighted by atomic mass is 16.5. The van der Waals surface area contributed by atoms with Crippen molar-refractivity contribution in [2.75, 3.05) is 13.7 Å². The van der Waals surface area contributed by atoms with Crippen LogP contribution < -0.4 is 4.74 Å². The van der Waals surface area contributed by atoms with E-state index in [1.807, 2.05) is 48.5 Å². The summed E-state index contributed by atoms with van der Waals surface area (Å²) in [6.07, 6.45) is 3.07. The summed E-state index contributed by atoms with van der Waals surface area (Å²) < 4.78 is 10.5. The molecule has 2 aromatic carbocycles. The number of carbonyl (C=O) groups excluding carboxylic acids is 2. The first-order valence-corrected chi connectivity index (χ1v) is 8.06. The van der Waals surface area contributed by atoms with Gasteiger partial charge in [-0.05, 0) is 36.1 Å². The fourth-order valence-corrected chi connectivity index (χ4v) is 2.40. The average molecular weight is 326 g/mol. The van der Waals surface area contributed by atoms with Crippen molar-refractivity contribution in [1.82, 2.24) is 0 Å². The number of hydrogen-bond acceptors (Lipinski definition) is 4. The van der Waals surface area contributed by atoms with E-state index in [1.54, 1.807) is 0 Å². The Labute approximate surface area is 142 Å². The van der Waals surface area contributed by atoms with Crippen LogP contribution in [-0.2, 0) is 20.7 Å². The Bertz CT molecular complexity index is 665. The maximum absolute atomic E-state index is 11.3. The van der Waals surface area contributed by atoms with E-state index in [0.29, 0.717) is 32.3 Å². The van der Waals surface area contributed by atoms with Gasteiger partial charge in [0.05, 0.1) is 13.7 Å². The summed E-state index contributed by atoms with van der Waals surface area (Å²) in [6.45, 7) is 0.500. The van der Waals surface area contributed by atoms with E-state index in [0.717, 1.165) is 28.7 Å². The van der Waals surface area contributed by atoms with Crippen LogP contribution in [0.1, 0.15) is 24.8 Å². The van der Waals surface area contributed by atoms with Crippen molar-refractivity contribution in [3.05, 3.63) is 54.1 Å². The molecule has 0 aliphatic heterocycles. The topological polar surface area (TPSA) is 52.6 Å². The molecular formula is C20H22O4. The zero-order valence-corrected chi connectivity index (χ0v) is 13.9. The van der Waals surface area contributed by atoms with Crippen molar-refractivity contribution < 1.29 is 19.1 Å². The Morgan fingerprint density at radius 1 is 1.12 bits per heavy atom. The number of aldehydes is 1. The van der Waals surface area contributed by atoms with E-state index in [-0.39, 0.29) is 5.97 Å². The molecule has 126 valence electrons. The lowest BCUT2D eigenvalue weighted by Gasteiger charge is -2.13. The van der Waals surface area contributed by atoms with Gasteiger partial charge in [-0.25, -0.2) is 0 Å². The number of methoxy groups -OCH3 is 1. The molecule has 0 saturated heterocycles. The third-order valence-corrected chi connectivity index (χ3v) is 3.70. The summed E-state index contributed by atoms with van der Waals surface area (Å²) in [5, 5.41) is 0. The van der Waals surface area contributed by atoms with Crippen LogP contribution in [0.15, 0.2) is 48.5 Å². The molecule has 0 amide bonds. The first-order chi connectivity index (χ1) is 11.7. The molecule has 2 aromatic rings. The number of esters is 1. The van der Waals surface area contributed by atoms with E-state index in [1.165, 1.54) is 7.11 Å². The Morgan fingerprint density at radius 3 is 2.62 bits per heavy atom. The van der Waals surface area contributed by atoms with E-state index in [4.69, 9.17) is 9.47 Å². The number of aryl methyl sites for hydroxylation is 1. The molecule has 0 spiro atoms. The first kappa shape index (κ1) is 17.7. The van der Waals surface area contributed by atoms with Gasteiger partial charge in [0.15, 0.2) is 0 Å². The van der Waals surface area contributed by atoms with Crippen LogP contribution in [0.5, 0.6) is 5.75 Å². The van der Waals surface area contributed by atoms with E-state index >= 15 is 0 Å². The van der Waals surface area contributed by atoms with Crippen LogP contribution >= 0.6 is 0 Å². The Morgan fingerprint density at radius 2 is 1.92 bits per heavy atom. The lowest BCUT2D eigenvalue weighted by atomic mass is 10.00. The summed E-state index contributed by atoms with van der Waals surface area (Å²) in [7, 11) is 1.40. The van der Waals surface area contributed by atoms with Gasteiger partial charge in [-0.3, -0.25) is 4.79 Å². The summed E-state index contributed by atoms with van der Waals surface area (Å²) in [6, 6.07) is 15.9. The Balaban J connectivity index is 2.19. The number of hydrogen-bond donors (Lipinski definition) is 0. The molecular weight excluding hydrogens is 304 g/mol. The first-order valence-electron chi connectivity index (χ1n) is 8.06. The van der Waals surface area contributed by atoms with Gasteiger partial charge in [0.25, 0.3) is 0 Å². The van der Waals surface area contributed by atoms with Crippen molar-refractivity contribution in [1.29, 1.82) is 0 Å². The van der Waals surface area contributed by atoms with Gasteiger partial charge in [-0.2, -0.15) is 0 Å². The summed E-state index contributed by atoms with van der Waals surface area (Å²) in [4.78, 5) is 21.7. The minimum atomic E-state index is -0.217. The van der Waals surface area contributed by atoms with Crippen molar-refractivity contribution in [2.45, 2.75) is 25.7 Å². The average Bonchev–Trinajstić information content (AvgIpc) is 2.64. The predicted molar refractivity (Wildman–Crippen MR) is 93.0 cm³/mol. The molecule has 0 aliphatic carbocycles. The zero-order chi connectivity index (χ0) is 17.2. The number of unbranched alkanes of at least 4 members (excludes halogenated alkanes) is 1. The van der Waals surface area contributed by atoms with Crippen molar-refractivity contribution in [3.8, 4) is 16.9 Å². The standard InChI is InChI=1S/C20H22O4/c1-23-20(22)12-10-16-9-11-19(24-14-6-5-13-21)18(15-16)17-7-3-2-4-8-17/h2-4,7-9,11,13,15H,5-6,10,12,14H2,1H3. The second kappa shape index (κ2) is 9.50. The van der Waals surface area contributed by atoms with Gasteiger partial charge in [-0.15, -0.1) is 0 Å². The predicted octanol–water partition coefficient (Wildman–Crippen LogP) is 3.82. The van der Waals surface area contributed by atoms with E-state index in [9.17, 15) is 9.59 Å². The smallest absolute Gasteiger partial charge is 0.305 e. The monoisotopic (exact) mass is 326 g/mol. The SMILES string of the molecule is COC(=O)CCc1ccc(OCCCC=O)c(-c2ccccc2)c1. The number of ether oxygens (including phenoxy) is 2. The minimum Gasteiger partial charge on any atom is -0.493 e. The summed E-state index contributed by atoms with van der Waals surface area (Å²) in [5.41, 5.74) is 3.10. The molecule has 0 atom stereocenters. The van der Waals surface area contributed by atoms with Crippen LogP contribution in [0.2, 0.25) is 0 Å². The molecule has 0 unspecified atom stereocenters. The maximum atomic E-state index is 11.3. The highest BCUT2D eigenvalue weighted by Crippen LogP contribution is 2.31. The lowest BCUT2D eigenvalue weighted by Crippen LogP contribution is -2.03. The molecule has 0 saturated carbocycles. The van der Waals surface area contributed by atoms with Crippen LogP contribution in [0.3, 0.4) is 0 Å². The molecule has 0 fully saturated rings. The third-order valence-electron chi connectivity index (χ3n) is 3.70. The molecule has 0 heterocycles. The van der Waals surface area contributed by atoms with Crippen LogP contribution in [0.25, 0.3) is 11.1 Å². The van der Waals surface area contributed by atoms with E-state index in [2.05, 4.69) is 0 Å². The molecule has 0 aliphatic rings. The quantitative estimate of drug-likeness (QED) is 0.399. The normalized spacial score (nSPS) is 10.2. The molecule has 2 rings (SSSR count). The van der Waals surface area contributed by atoms with Gasteiger partial charge in [-0.1, -0.05) is 36.4 Å². The third kappa shape index (κ3) is 5.23. The number of rotatable bonds is 9. The van der Waals surface area contributed by atoms with Gasteiger partial charge in [0.2, 0.25) is 0 Å². The highest BCUT2D eigenvalue weighted by molar-refractivity contribution is 5.72. The minimum absolute atomic E-state index is 0.217. The van der Waals surface area contributed by atoms with Gasteiger partial charge in [0.1, 0.15) is 12.0 Å². The molecule has 0 bridgehead atoms. The van der Waals surface area contributed by atoms with Crippen molar-refractivity contribution in [2.24, 2.45) is 0 Å². The Hall–Kier alpha value is -2.62. The van der Waals surface area contributed by atoms with Crippen LogP contribution in [-0.4, -0.2) is 26.0 Å². The molecule has 24 heavy (non-hydrogen) atoms. The highest BCUT2D eigenvalue weighted by Gasteiger charge is 2.09. The zero-order valence-electron chi connectivity index (χ0n) is 13.9. The molecule has 0 aromatic heterocycles. The summed E-state index contributed by atoms with van der Waals surface area (Å²) >= 11 is 0. The fraction of sp³-hybridized carbons (Fsp3) is 0.300. The molecule has 0 N–H and O–H groups in total.